The van der Waals surface area contributed by atoms with Gasteiger partial charge in [0.2, 0.25) is 0 Å². The molecule has 196 valence electrons. The van der Waals surface area contributed by atoms with Gasteiger partial charge in [-0.2, -0.15) is 0 Å². The molecule has 7 nitrogen and oxygen atoms in total. The Morgan fingerprint density at radius 3 is 2.49 bits per heavy atom. The van der Waals surface area contributed by atoms with Crippen LogP contribution in [0.15, 0.2) is 36.4 Å². The van der Waals surface area contributed by atoms with Gasteiger partial charge in [0.1, 0.15) is 17.2 Å². The Hall–Kier alpha value is -2.68. The fourth-order valence-corrected chi connectivity index (χ4v) is 5.67. The molecule has 1 aromatic heterocycles. The van der Waals surface area contributed by atoms with E-state index >= 15 is 0 Å². The number of benzene rings is 2. The summed E-state index contributed by atoms with van der Waals surface area (Å²) in [6, 6.07) is 10.7. The normalized spacial score (nSPS) is 20.1. The molecule has 2 aliphatic rings. The van der Waals surface area contributed by atoms with Crippen LogP contribution in [0.25, 0.3) is 5.69 Å². The van der Waals surface area contributed by atoms with E-state index in [9.17, 15) is 9.18 Å². The lowest BCUT2D eigenvalue weighted by Gasteiger charge is -2.29. The fourth-order valence-electron chi connectivity index (χ4n) is 5.20. The van der Waals surface area contributed by atoms with Gasteiger partial charge < -0.3 is 9.57 Å². The second-order valence-electron chi connectivity index (χ2n) is 10.6. The fraction of sp³-hybridized carbons (Fsp3) is 0.444. The van der Waals surface area contributed by atoms with Crippen molar-refractivity contribution in [2.24, 2.45) is 0 Å². The molecule has 0 N–H and O–H groups in total. The average Bonchev–Trinajstić information content (AvgIpc) is 3.16. The van der Waals surface area contributed by atoms with Crippen LogP contribution in [0.4, 0.5) is 9.18 Å². The number of hydroxylamine groups is 2. The van der Waals surface area contributed by atoms with Crippen molar-refractivity contribution < 1.29 is 18.8 Å². The van der Waals surface area contributed by atoms with Crippen LogP contribution >= 0.6 is 23.2 Å². The van der Waals surface area contributed by atoms with Gasteiger partial charge in [0, 0.05) is 10.9 Å². The highest BCUT2D eigenvalue weighted by atomic mass is 35.5. The summed E-state index contributed by atoms with van der Waals surface area (Å²) in [6.07, 6.45) is 2.71. The van der Waals surface area contributed by atoms with Gasteiger partial charge in [0.25, 0.3) is 0 Å². The minimum absolute atomic E-state index is 0.173. The molecule has 3 aromatic rings. The molecular formula is C27H29Cl2FN4O3. The van der Waals surface area contributed by atoms with Crippen LogP contribution in [0.3, 0.4) is 0 Å². The molecule has 10 heteroatoms. The second kappa shape index (κ2) is 10.2. The largest absolute Gasteiger partial charge is 0.528 e. The van der Waals surface area contributed by atoms with Crippen molar-refractivity contribution in [3.05, 3.63) is 75.0 Å². The average molecular weight is 547 g/mol. The van der Waals surface area contributed by atoms with E-state index in [0.717, 1.165) is 48.3 Å². The molecule has 0 atom stereocenters. The van der Waals surface area contributed by atoms with E-state index in [2.05, 4.69) is 14.8 Å². The number of carbonyl (C=O) groups is 1. The summed E-state index contributed by atoms with van der Waals surface area (Å²) >= 11 is 12.6. The van der Waals surface area contributed by atoms with Crippen molar-refractivity contribution in [2.45, 2.75) is 77.0 Å². The number of ether oxygens (including phenoxy) is 1. The smallest absolute Gasteiger partial charge is 0.427 e. The van der Waals surface area contributed by atoms with Crippen molar-refractivity contribution in [2.75, 3.05) is 0 Å². The lowest BCUT2D eigenvalue weighted by atomic mass is 9.78. The molecule has 37 heavy (non-hydrogen) atoms. The Kier molecular flexibility index (Phi) is 7.18. The summed E-state index contributed by atoms with van der Waals surface area (Å²) < 4.78 is 21.4. The molecule has 5 rings (SSSR count). The highest BCUT2D eigenvalue weighted by molar-refractivity contribution is 6.31. The first-order chi connectivity index (χ1) is 17.6. The van der Waals surface area contributed by atoms with Crippen molar-refractivity contribution in [1.82, 2.24) is 19.8 Å². The van der Waals surface area contributed by atoms with Crippen LogP contribution in [-0.2, 0) is 22.7 Å². The summed E-state index contributed by atoms with van der Waals surface area (Å²) in [6.45, 7) is 5.92. The van der Waals surface area contributed by atoms with Gasteiger partial charge in [0.15, 0.2) is 5.82 Å². The van der Waals surface area contributed by atoms with Gasteiger partial charge in [-0.25, -0.2) is 9.18 Å². The van der Waals surface area contributed by atoms with Gasteiger partial charge in [0.05, 0.1) is 23.8 Å². The lowest BCUT2D eigenvalue weighted by molar-refractivity contribution is -0.155. The highest BCUT2D eigenvalue weighted by Crippen LogP contribution is 2.43. The first-order valence-corrected chi connectivity index (χ1v) is 13.2. The van der Waals surface area contributed by atoms with Gasteiger partial charge in [-0.05, 0) is 87.8 Å². The summed E-state index contributed by atoms with van der Waals surface area (Å²) in [7, 11) is 0. The van der Waals surface area contributed by atoms with E-state index in [1.54, 1.807) is 26.8 Å². The van der Waals surface area contributed by atoms with Crippen LogP contribution in [0.5, 0.6) is 0 Å². The Bertz CT molecular complexity index is 1320. The zero-order chi connectivity index (χ0) is 26.3. The molecule has 0 spiro atoms. The molecule has 1 aliphatic heterocycles. The number of fused-ring (bicyclic) bond motifs is 3. The third kappa shape index (κ3) is 5.61. The lowest BCUT2D eigenvalue weighted by Crippen LogP contribution is -2.31. The van der Waals surface area contributed by atoms with Gasteiger partial charge in [-0.3, -0.25) is 4.57 Å². The predicted octanol–water partition coefficient (Wildman–Crippen LogP) is 7.34. The quantitative estimate of drug-likeness (QED) is 0.320. The third-order valence-electron chi connectivity index (χ3n) is 6.81. The number of rotatable bonds is 3. The van der Waals surface area contributed by atoms with Crippen LogP contribution in [0.1, 0.15) is 81.1 Å². The molecule has 1 aliphatic carbocycles. The minimum atomic E-state index is -0.779. The summed E-state index contributed by atoms with van der Waals surface area (Å²) in [5.41, 5.74) is 1.99. The molecule has 0 bridgehead atoms. The first kappa shape index (κ1) is 25.9. The SMILES string of the molecule is CC(C)(C)OC(=O)ON1Cc2cc(Cl)ccc2-n2c(nnc2C2CCC(c3cccc(F)c3Cl)CC2)C1. The highest BCUT2D eigenvalue weighted by Gasteiger charge is 2.33. The number of carbonyl (C=O) groups excluding carboxylic acids is 1. The molecule has 0 saturated heterocycles. The van der Waals surface area contributed by atoms with E-state index in [0.29, 0.717) is 17.4 Å². The molecule has 0 unspecified atom stereocenters. The molecule has 1 saturated carbocycles. The molecule has 1 fully saturated rings. The van der Waals surface area contributed by atoms with Crippen LogP contribution in [0, 0.1) is 5.82 Å². The second-order valence-corrected chi connectivity index (χ2v) is 11.4. The topological polar surface area (TPSA) is 69.5 Å². The maximum absolute atomic E-state index is 14.0. The predicted molar refractivity (Wildman–Crippen MR) is 138 cm³/mol. The van der Waals surface area contributed by atoms with Crippen molar-refractivity contribution >= 4 is 29.4 Å². The van der Waals surface area contributed by atoms with Crippen LogP contribution in [-0.4, -0.2) is 31.6 Å². The van der Waals surface area contributed by atoms with Crippen LogP contribution in [0.2, 0.25) is 10.0 Å². The zero-order valence-electron chi connectivity index (χ0n) is 21.0. The van der Waals surface area contributed by atoms with E-state index in [4.69, 9.17) is 32.8 Å². The van der Waals surface area contributed by atoms with E-state index in [-0.39, 0.29) is 29.2 Å². The van der Waals surface area contributed by atoms with Crippen molar-refractivity contribution in [1.29, 1.82) is 0 Å². The number of hydrogen-bond donors (Lipinski definition) is 0. The summed E-state index contributed by atoms with van der Waals surface area (Å²) in [4.78, 5) is 17.9. The number of hydrogen-bond acceptors (Lipinski definition) is 6. The number of halogens is 3. The monoisotopic (exact) mass is 546 g/mol. The van der Waals surface area contributed by atoms with Crippen molar-refractivity contribution in [3.63, 3.8) is 0 Å². The van der Waals surface area contributed by atoms with E-state index < -0.39 is 11.8 Å². The minimum Gasteiger partial charge on any atom is -0.427 e. The Labute approximate surface area is 225 Å². The van der Waals surface area contributed by atoms with E-state index in [1.165, 1.54) is 11.1 Å². The summed E-state index contributed by atoms with van der Waals surface area (Å²) in [5, 5.41) is 11.4. The van der Waals surface area contributed by atoms with Crippen molar-refractivity contribution in [3.8, 4) is 5.69 Å². The molecule has 2 heterocycles. The first-order valence-electron chi connectivity index (χ1n) is 12.4. The Balaban J connectivity index is 1.40. The van der Waals surface area contributed by atoms with Gasteiger partial charge >= 0.3 is 6.16 Å². The molecule has 0 amide bonds. The van der Waals surface area contributed by atoms with Crippen LogP contribution < -0.4 is 0 Å². The maximum atomic E-state index is 14.0. The molecule has 0 radical (unpaired) electrons. The third-order valence-corrected chi connectivity index (χ3v) is 7.44. The zero-order valence-corrected chi connectivity index (χ0v) is 22.5. The number of aromatic nitrogens is 3. The Morgan fingerprint density at radius 1 is 1.03 bits per heavy atom. The maximum Gasteiger partial charge on any atom is 0.528 e. The molecule has 2 aromatic carbocycles. The Morgan fingerprint density at radius 2 is 1.76 bits per heavy atom. The van der Waals surface area contributed by atoms with Gasteiger partial charge in [-0.1, -0.05) is 35.3 Å². The molecular weight excluding hydrogens is 518 g/mol. The number of nitrogens with zero attached hydrogens (tertiary/aromatic N) is 4. The summed E-state index contributed by atoms with van der Waals surface area (Å²) in [5.74, 6) is 1.52. The van der Waals surface area contributed by atoms with E-state index in [1.807, 2.05) is 24.3 Å². The van der Waals surface area contributed by atoms with Gasteiger partial charge in [-0.15, -0.1) is 15.3 Å². The standard InChI is InChI=1S/C27H29Cl2FN4O3/c1-27(2,3)36-26(35)37-33-14-18-13-19(28)11-12-22(18)34-23(15-33)31-32-25(34)17-9-7-16(8-10-17)20-5-4-6-21(30)24(20)29/h4-6,11-13,16-17H,7-10,14-15H2,1-3H3.